The maximum absolute atomic E-state index is 12.7. The van der Waals surface area contributed by atoms with Gasteiger partial charge in [-0.15, -0.1) is 15.7 Å². The largest absolute Gasteiger partial charge is 0.465 e. The molecule has 29 heavy (non-hydrogen) atoms. The number of nitrogens with zero attached hydrogens (tertiary/aromatic N) is 2. The molecule has 0 atom stereocenters. The molecule has 1 saturated heterocycles. The van der Waals surface area contributed by atoms with Gasteiger partial charge in [0.05, 0.1) is 12.8 Å². The van der Waals surface area contributed by atoms with Crippen LogP contribution in [0.3, 0.4) is 0 Å². The number of rotatable bonds is 3. The van der Waals surface area contributed by atoms with Crippen LogP contribution in [0.4, 0.5) is 5.69 Å². The van der Waals surface area contributed by atoms with E-state index >= 15 is 0 Å². The van der Waals surface area contributed by atoms with Gasteiger partial charge in [-0.1, -0.05) is 12.1 Å². The molecule has 1 fully saturated rings. The van der Waals surface area contributed by atoms with E-state index in [-0.39, 0.29) is 16.7 Å². The first-order valence-corrected chi connectivity index (χ1v) is 11.4. The number of amides is 1. The van der Waals surface area contributed by atoms with E-state index in [9.17, 15) is 18.0 Å². The van der Waals surface area contributed by atoms with Crippen molar-refractivity contribution in [1.82, 2.24) is 4.90 Å². The third kappa shape index (κ3) is 3.65. The molecule has 1 aromatic heterocycles. The number of hydrogen-bond donors (Lipinski definition) is 1. The number of carbonyl (C=O) groups is 2. The molecule has 8 nitrogen and oxygen atoms in total. The van der Waals surface area contributed by atoms with E-state index in [4.69, 9.17) is 4.74 Å². The van der Waals surface area contributed by atoms with Gasteiger partial charge in [0.25, 0.3) is 10.0 Å². The highest BCUT2D eigenvalue weighted by molar-refractivity contribution is 7.90. The molecule has 3 heterocycles. The molecule has 0 saturated carbocycles. The highest BCUT2D eigenvalue weighted by Gasteiger charge is 2.34. The first-order chi connectivity index (χ1) is 13.9. The van der Waals surface area contributed by atoms with E-state index < -0.39 is 16.0 Å². The van der Waals surface area contributed by atoms with Crippen LogP contribution < -0.4 is 5.32 Å². The predicted octanol–water partition coefficient (Wildman–Crippen LogP) is 2.33. The smallest absolute Gasteiger partial charge is 0.350 e. The maximum Gasteiger partial charge on any atom is 0.350 e. The van der Waals surface area contributed by atoms with Crippen LogP contribution in [-0.2, 0) is 19.6 Å². The minimum atomic E-state index is -3.66. The molecular weight excluding hydrogens is 414 g/mol. The van der Waals surface area contributed by atoms with Crippen molar-refractivity contribution in [2.45, 2.75) is 17.7 Å². The lowest BCUT2D eigenvalue weighted by Gasteiger charge is -2.32. The number of fused-ring (bicyclic) bond motifs is 1. The maximum atomic E-state index is 12.7. The molecule has 0 aliphatic carbocycles. The van der Waals surface area contributed by atoms with Crippen LogP contribution in [0.2, 0.25) is 0 Å². The van der Waals surface area contributed by atoms with Crippen LogP contribution in [-0.4, -0.2) is 51.2 Å². The number of sulfonamides is 1. The van der Waals surface area contributed by atoms with E-state index in [0.29, 0.717) is 47.9 Å². The fourth-order valence-electron chi connectivity index (χ4n) is 3.56. The Kier molecular flexibility index (Phi) is 5.13. The molecule has 2 aliphatic heterocycles. The number of benzene rings is 1. The minimum absolute atomic E-state index is 0.158. The van der Waals surface area contributed by atoms with Gasteiger partial charge >= 0.3 is 5.97 Å². The number of carbonyl (C=O) groups excluding carboxylic acids is 2. The standard InChI is InChI=1S/C19H19N3O5S2/c1-27-19(24)16-14(8-11-28-16)20-18(23)12-6-9-22(10-7-12)17-13-4-2-3-5-15(13)29(25,26)21-17/h2-5,8,11-12H,6-7,9-10H2,1H3,(H,20,23). The summed E-state index contributed by atoms with van der Waals surface area (Å²) < 4.78 is 33.2. The third-order valence-corrected chi connectivity index (χ3v) is 7.29. The Morgan fingerprint density at radius 2 is 1.93 bits per heavy atom. The van der Waals surface area contributed by atoms with Gasteiger partial charge in [0.15, 0.2) is 5.84 Å². The highest BCUT2D eigenvalue weighted by atomic mass is 32.2. The number of piperidine rings is 1. The summed E-state index contributed by atoms with van der Waals surface area (Å²) in [6.45, 7) is 1.04. The number of nitrogens with one attached hydrogen (secondary N) is 1. The molecular formula is C19H19N3O5S2. The number of anilines is 1. The molecule has 0 bridgehead atoms. The second-order valence-corrected chi connectivity index (χ2v) is 9.28. The zero-order valence-corrected chi connectivity index (χ0v) is 17.3. The van der Waals surface area contributed by atoms with Crippen molar-refractivity contribution in [2.75, 3.05) is 25.5 Å². The lowest BCUT2D eigenvalue weighted by Crippen LogP contribution is -2.41. The van der Waals surface area contributed by atoms with E-state index in [0.717, 1.165) is 0 Å². The van der Waals surface area contributed by atoms with Crippen molar-refractivity contribution in [2.24, 2.45) is 10.3 Å². The quantitative estimate of drug-likeness (QED) is 0.745. The SMILES string of the molecule is COC(=O)c1sccc1NC(=O)C1CCN(C2=NS(=O)(=O)c3ccccc32)CC1. The van der Waals surface area contributed by atoms with Gasteiger partial charge in [0, 0.05) is 24.6 Å². The van der Waals surface area contributed by atoms with Gasteiger partial charge in [-0.3, -0.25) is 4.79 Å². The number of ether oxygens (including phenoxy) is 1. The zero-order valence-electron chi connectivity index (χ0n) is 15.6. The van der Waals surface area contributed by atoms with Crippen LogP contribution in [0, 0.1) is 5.92 Å². The van der Waals surface area contributed by atoms with Gasteiger partial charge in [0.1, 0.15) is 9.77 Å². The summed E-state index contributed by atoms with van der Waals surface area (Å²) >= 11 is 1.21. The average molecular weight is 434 g/mol. The first-order valence-electron chi connectivity index (χ1n) is 9.06. The topological polar surface area (TPSA) is 105 Å². The average Bonchev–Trinajstić information content (AvgIpc) is 3.30. The molecule has 10 heteroatoms. The second-order valence-electron chi connectivity index (χ2n) is 6.79. The van der Waals surface area contributed by atoms with Crippen LogP contribution >= 0.6 is 11.3 Å². The second kappa shape index (κ2) is 7.60. The number of hydrogen-bond acceptors (Lipinski definition) is 7. The Morgan fingerprint density at radius 1 is 1.21 bits per heavy atom. The van der Waals surface area contributed by atoms with Gasteiger partial charge in [-0.2, -0.15) is 8.42 Å². The molecule has 2 aliphatic rings. The molecule has 2 aromatic rings. The molecule has 152 valence electrons. The summed E-state index contributed by atoms with van der Waals surface area (Å²) in [7, 11) is -2.36. The van der Waals surface area contributed by atoms with E-state index in [1.54, 1.807) is 35.7 Å². The van der Waals surface area contributed by atoms with Crippen molar-refractivity contribution in [3.8, 4) is 0 Å². The number of amidine groups is 1. The fourth-order valence-corrected chi connectivity index (χ4v) is 5.56. The fraction of sp³-hybridized carbons (Fsp3) is 0.316. The van der Waals surface area contributed by atoms with E-state index in [1.807, 2.05) is 4.90 Å². The van der Waals surface area contributed by atoms with Gasteiger partial charge in [-0.05, 0) is 36.4 Å². The number of methoxy groups -OCH3 is 1. The molecule has 0 unspecified atom stereocenters. The molecule has 4 rings (SSSR count). The van der Waals surface area contributed by atoms with Gasteiger partial charge in [0.2, 0.25) is 5.91 Å². The number of thiophene rings is 1. The van der Waals surface area contributed by atoms with Crippen molar-refractivity contribution in [1.29, 1.82) is 0 Å². The van der Waals surface area contributed by atoms with Gasteiger partial charge < -0.3 is 15.0 Å². The third-order valence-electron chi connectivity index (χ3n) is 5.07. The summed E-state index contributed by atoms with van der Waals surface area (Å²) in [5.74, 6) is -0.422. The highest BCUT2D eigenvalue weighted by Crippen LogP contribution is 2.30. The summed E-state index contributed by atoms with van der Waals surface area (Å²) in [6, 6.07) is 8.45. The monoisotopic (exact) mass is 433 g/mol. The van der Waals surface area contributed by atoms with E-state index in [2.05, 4.69) is 9.71 Å². The van der Waals surface area contributed by atoms with Crippen LogP contribution in [0.5, 0.6) is 0 Å². The van der Waals surface area contributed by atoms with Crippen LogP contribution in [0.25, 0.3) is 0 Å². The van der Waals surface area contributed by atoms with Crippen molar-refractivity contribution in [3.05, 3.63) is 46.2 Å². The zero-order chi connectivity index (χ0) is 20.6. The first kappa shape index (κ1) is 19.6. The molecule has 0 spiro atoms. The van der Waals surface area contributed by atoms with Crippen LogP contribution in [0.1, 0.15) is 28.1 Å². The lowest BCUT2D eigenvalue weighted by atomic mass is 9.95. The Labute approximate surface area is 172 Å². The lowest BCUT2D eigenvalue weighted by molar-refractivity contribution is -0.120. The molecule has 1 amide bonds. The number of esters is 1. The Balaban J connectivity index is 1.42. The minimum Gasteiger partial charge on any atom is -0.465 e. The van der Waals surface area contributed by atoms with Crippen molar-refractivity contribution in [3.63, 3.8) is 0 Å². The van der Waals surface area contributed by atoms with Crippen LogP contribution in [0.15, 0.2) is 45.0 Å². The van der Waals surface area contributed by atoms with Crippen molar-refractivity contribution >= 4 is 44.8 Å². The summed E-state index contributed by atoms with van der Waals surface area (Å²) in [4.78, 5) is 26.9. The molecule has 1 aromatic carbocycles. The molecule has 1 N–H and O–H groups in total. The molecule has 0 radical (unpaired) electrons. The summed E-state index contributed by atoms with van der Waals surface area (Å²) in [5, 5.41) is 4.54. The normalized spacial score (nSPS) is 18.1. The van der Waals surface area contributed by atoms with E-state index in [1.165, 1.54) is 18.4 Å². The Hall–Kier alpha value is -2.72. The van der Waals surface area contributed by atoms with Gasteiger partial charge in [-0.25, -0.2) is 4.79 Å². The summed E-state index contributed by atoms with van der Waals surface area (Å²) in [6.07, 6.45) is 1.12. The Morgan fingerprint density at radius 3 is 2.66 bits per heavy atom. The van der Waals surface area contributed by atoms with Crippen molar-refractivity contribution < 1.29 is 22.7 Å². The summed E-state index contributed by atoms with van der Waals surface area (Å²) in [5.41, 5.74) is 1.06. The number of likely N-dealkylation sites (tertiary alicyclic amines) is 1. The Bertz CT molecular complexity index is 1100. The predicted molar refractivity (Wildman–Crippen MR) is 109 cm³/mol.